The minimum atomic E-state index is -1.30. The average molecular weight is 567 g/mol. The van der Waals surface area contributed by atoms with E-state index in [2.05, 4.69) is 18.7 Å². The molecular weight excluding hydrogens is 528 g/mol. The zero-order chi connectivity index (χ0) is 28.9. The monoisotopic (exact) mass is 566 g/mol. The van der Waals surface area contributed by atoms with Gasteiger partial charge in [0.25, 0.3) is 0 Å². The molecule has 41 heavy (non-hydrogen) atoms. The van der Waals surface area contributed by atoms with Crippen molar-refractivity contribution in [2.45, 2.75) is 70.8 Å². The summed E-state index contributed by atoms with van der Waals surface area (Å²) in [6.45, 7) is 5.71. The molecule has 4 unspecified atom stereocenters. The Morgan fingerprint density at radius 3 is 1.98 bits per heavy atom. The lowest BCUT2D eigenvalue weighted by Gasteiger charge is -2.42. The van der Waals surface area contributed by atoms with E-state index in [0.717, 1.165) is 29.7 Å². The van der Waals surface area contributed by atoms with Gasteiger partial charge in [-0.2, -0.15) is 8.78 Å². The van der Waals surface area contributed by atoms with Gasteiger partial charge in [-0.05, 0) is 111 Å². The smallest absolute Gasteiger partial charge is 0.201 e. The molecule has 3 aromatic carbocycles. The molecule has 0 aliphatic heterocycles. The Morgan fingerprint density at radius 1 is 0.732 bits per heavy atom. The molecule has 0 amide bonds. The second kappa shape index (κ2) is 13.1. The van der Waals surface area contributed by atoms with Crippen LogP contribution in [0.3, 0.4) is 0 Å². The van der Waals surface area contributed by atoms with E-state index in [1.807, 2.05) is 18.2 Å². The third-order valence-corrected chi connectivity index (χ3v) is 9.03. The topological polar surface area (TPSA) is 18.5 Å². The van der Waals surface area contributed by atoms with Crippen LogP contribution in [-0.4, -0.2) is 6.61 Å². The molecule has 0 spiro atoms. The van der Waals surface area contributed by atoms with Crippen molar-refractivity contribution in [2.75, 3.05) is 6.61 Å². The molecule has 0 aromatic heterocycles. The van der Waals surface area contributed by atoms with Gasteiger partial charge in [0.05, 0.1) is 6.61 Å². The van der Waals surface area contributed by atoms with Crippen LogP contribution in [0.5, 0.6) is 11.5 Å². The van der Waals surface area contributed by atoms with Gasteiger partial charge in [-0.25, -0.2) is 8.78 Å². The molecule has 0 N–H and O–H groups in total. The third kappa shape index (κ3) is 6.47. The minimum Gasteiger partial charge on any atom is -0.491 e. The highest BCUT2D eigenvalue weighted by Gasteiger charge is 2.35. The van der Waals surface area contributed by atoms with Crippen LogP contribution in [-0.2, 0) is 6.61 Å². The van der Waals surface area contributed by atoms with Crippen molar-refractivity contribution in [3.05, 3.63) is 95.6 Å². The maximum atomic E-state index is 14.9. The fraction of sp³-hybridized carbons (Fsp3) is 0.429. The maximum Gasteiger partial charge on any atom is 0.201 e. The van der Waals surface area contributed by atoms with Crippen LogP contribution in [0.15, 0.2) is 61.2 Å². The SMILES string of the molecule is C=CCCC1CCC2CC(c3ccc(COc4ccc(-c5ccc(OCC)c(F)c5F)c(F)c4F)cc3)CCC2C1. The molecule has 3 aromatic rings. The zero-order valence-corrected chi connectivity index (χ0v) is 23.6. The van der Waals surface area contributed by atoms with Gasteiger partial charge in [0, 0.05) is 11.1 Å². The van der Waals surface area contributed by atoms with E-state index in [1.54, 1.807) is 6.92 Å². The van der Waals surface area contributed by atoms with Gasteiger partial charge in [0.1, 0.15) is 6.61 Å². The van der Waals surface area contributed by atoms with Gasteiger partial charge >= 0.3 is 0 Å². The molecule has 6 heteroatoms. The lowest BCUT2D eigenvalue weighted by molar-refractivity contribution is 0.115. The molecule has 218 valence electrons. The van der Waals surface area contributed by atoms with Gasteiger partial charge in [0.15, 0.2) is 23.1 Å². The summed E-state index contributed by atoms with van der Waals surface area (Å²) in [5.74, 6) is -2.58. The van der Waals surface area contributed by atoms with E-state index in [-0.39, 0.29) is 30.3 Å². The predicted octanol–water partition coefficient (Wildman–Crippen LogP) is 10.2. The van der Waals surface area contributed by atoms with E-state index >= 15 is 0 Å². The molecule has 2 saturated carbocycles. The number of hydrogen-bond acceptors (Lipinski definition) is 2. The maximum absolute atomic E-state index is 14.9. The molecule has 0 radical (unpaired) electrons. The first kappa shape index (κ1) is 29.2. The van der Waals surface area contributed by atoms with E-state index < -0.39 is 28.8 Å². The quantitative estimate of drug-likeness (QED) is 0.180. The van der Waals surface area contributed by atoms with Crippen molar-refractivity contribution in [2.24, 2.45) is 17.8 Å². The number of benzene rings is 3. The Balaban J connectivity index is 1.19. The number of halogens is 4. The average Bonchev–Trinajstić information content (AvgIpc) is 2.99. The van der Waals surface area contributed by atoms with Crippen molar-refractivity contribution in [1.29, 1.82) is 0 Å². The number of allylic oxidation sites excluding steroid dienone is 1. The fourth-order valence-corrected chi connectivity index (χ4v) is 6.81. The molecule has 0 heterocycles. The van der Waals surface area contributed by atoms with Crippen molar-refractivity contribution in [3.63, 3.8) is 0 Å². The third-order valence-electron chi connectivity index (χ3n) is 9.03. The molecule has 2 nitrogen and oxygen atoms in total. The van der Waals surface area contributed by atoms with Gasteiger partial charge < -0.3 is 9.47 Å². The van der Waals surface area contributed by atoms with E-state index in [4.69, 9.17) is 9.47 Å². The largest absolute Gasteiger partial charge is 0.491 e. The second-order valence-electron chi connectivity index (χ2n) is 11.5. The normalized spacial score (nSPS) is 22.2. The summed E-state index contributed by atoms with van der Waals surface area (Å²) < 4.78 is 69.2. The summed E-state index contributed by atoms with van der Waals surface area (Å²) in [4.78, 5) is 0. The van der Waals surface area contributed by atoms with Crippen LogP contribution in [0, 0.1) is 41.0 Å². The summed E-state index contributed by atoms with van der Waals surface area (Å²) in [5.41, 5.74) is 1.39. The summed E-state index contributed by atoms with van der Waals surface area (Å²) >= 11 is 0. The predicted molar refractivity (Wildman–Crippen MR) is 154 cm³/mol. The summed E-state index contributed by atoms with van der Waals surface area (Å²) in [6, 6.07) is 13.0. The van der Waals surface area contributed by atoms with E-state index in [1.165, 1.54) is 74.8 Å². The second-order valence-corrected chi connectivity index (χ2v) is 11.5. The van der Waals surface area contributed by atoms with Crippen LogP contribution in [0.2, 0.25) is 0 Å². The first-order valence-electron chi connectivity index (χ1n) is 14.8. The fourth-order valence-electron chi connectivity index (χ4n) is 6.81. The highest BCUT2D eigenvalue weighted by molar-refractivity contribution is 5.67. The molecule has 5 rings (SSSR count). The summed E-state index contributed by atoms with van der Waals surface area (Å²) in [7, 11) is 0. The summed E-state index contributed by atoms with van der Waals surface area (Å²) in [6.07, 6.45) is 12.2. The lowest BCUT2D eigenvalue weighted by Crippen LogP contribution is -2.30. The van der Waals surface area contributed by atoms with Crippen molar-refractivity contribution in [3.8, 4) is 22.6 Å². The first-order chi connectivity index (χ1) is 19.9. The van der Waals surface area contributed by atoms with Crippen molar-refractivity contribution in [1.82, 2.24) is 0 Å². The molecule has 2 aliphatic carbocycles. The van der Waals surface area contributed by atoms with E-state index in [0.29, 0.717) is 5.92 Å². The van der Waals surface area contributed by atoms with Crippen LogP contribution in [0.4, 0.5) is 17.6 Å². The van der Waals surface area contributed by atoms with Crippen LogP contribution in [0.1, 0.15) is 75.3 Å². The molecule has 0 saturated heterocycles. The van der Waals surface area contributed by atoms with Gasteiger partial charge in [-0.15, -0.1) is 6.58 Å². The standard InChI is InChI=1S/C35H38F4O2/c1-3-5-6-22-7-12-27-20-26(14-13-25(27)19-22)24-10-8-23(9-11-24)21-41-31-18-16-29(33(37)35(31)39)28-15-17-30(40-4-2)34(38)32(28)36/h3,8-11,15-18,22,25-27H,1,4-7,12-14,19-21H2,2H3. The summed E-state index contributed by atoms with van der Waals surface area (Å²) in [5, 5.41) is 0. The molecule has 2 aliphatic rings. The number of hydrogen-bond donors (Lipinski definition) is 0. The number of ether oxygens (including phenoxy) is 2. The zero-order valence-electron chi connectivity index (χ0n) is 23.6. The van der Waals surface area contributed by atoms with Crippen LogP contribution < -0.4 is 9.47 Å². The van der Waals surface area contributed by atoms with Crippen molar-refractivity contribution < 1.29 is 27.0 Å². The Kier molecular flexibility index (Phi) is 9.36. The molecule has 2 fully saturated rings. The highest BCUT2D eigenvalue weighted by atomic mass is 19.2. The first-order valence-corrected chi connectivity index (χ1v) is 14.8. The molecule has 4 atom stereocenters. The molecule has 0 bridgehead atoms. The minimum absolute atomic E-state index is 0.0590. The Morgan fingerprint density at radius 2 is 1.34 bits per heavy atom. The molecular formula is C35H38F4O2. The highest BCUT2D eigenvalue weighted by Crippen LogP contribution is 2.48. The van der Waals surface area contributed by atoms with Gasteiger partial charge in [-0.3, -0.25) is 0 Å². The van der Waals surface area contributed by atoms with Gasteiger partial charge in [0.2, 0.25) is 11.6 Å². The Bertz CT molecular complexity index is 1350. The van der Waals surface area contributed by atoms with Gasteiger partial charge in [-0.1, -0.05) is 36.8 Å². The number of rotatable bonds is 10. The van der Waals surface area contributed by atoms with Crippen LogP contribution >= 0.6 is 0 Å². The Labute approximate surface area is 240 Å². The lowest BCUT2D eigenvalue weighted by atomic mass is 9.63. The number of fused-ring (bicyclic) bond motifs is 1. The van der Waals surface area contributed by atoms with Crippen molar-refractivity contribution >= 4 is 0 Å². The Hall–Kier alpha value is -3.28. The van der Waals surface area contributed by atoms with Crippen LogP contribution in [0.25, 0.3) is 11.1 Å². The van der Waals surface area contributed by atoms with E-state index in [9.17, 15) is 17.6 Å².